The van der Waals surface area contributed by atoms with Crippen molar-refractivity contribution >= 4 is 5.78 Å². The topological polar surface area (TPSA) is 17.1 Å². The lowest BCUT2D eigenvalue weighted by atomic mass is 9.68. The molecule has 3 aliphatic rings. The Kier molecular flexibility index (Phi) is 2.37. The average Bonchev–Trinajstić information content (AvgIpc) is 2.78. The van der Waals surface area contributed by atoms with Gasteiger partial charge < -0.3 is 0 Å². The number of carbonyl (C=O) groups excluding carboxylic acids is 1. The summed E-state index contributed by atoms with van der Waals surface area (Å²) in [5, 5.41) is 0. The van der Waals surface area contributed by atoms with Crippen LogP contribution in [-0.2, 0) is 4.79 Å². The van der Waals surface area contributed by atoms with E-state index >= 15 is 0 Å². The zero-order chi connectivity index (χ0) is 10.4. The van der Waals surface area contributed by atoms with E-state index in [2.05, 4.69) is 6.92 Å². The first kappa shape index (κ1) is 9.86. The van der Waals surface area contributed by atoms with Crippen molar-refractivity contribution in [1.82, 2.24) is 0 Å². The third kappa shape index (κ3) is 1.64. The van der Waals surface area contributed by atoms with Gasteiger partial charge in [0.05, 0.1) is 0 Å². The summed E-state index contributed by atoms with van der Waals surface area (Å²) in [6, 6.07) is 0. The van der Waals surface area contributed by atoms with Crippen molar-refractivity contribution in [2.75, 3.05) is 0 Å². The molecule has 15 heavy (non-hydrogen) atoms. The SMILES string of the molecule is CC1CC(=O)CCC1C1CC2CCC1C2. The van der Waals surface area contributed by atoms with Crippen LogP contribution >= 0.6 is 0 Å². The van der Waals surface area contributed by atoms with Gasteiger partial charge in [-0.2, -0.15) is 0 Å². The lowest BCUT2D eigenvalue weighted by Crippen LogP contribution is -2.31. The number of carbonyl (C=O) groups is 1. The van der Waals surface area contributed by atoms with Gasteiger partial charge in [0, 0.05) is 12.8 Å². The number of fused-ring (bicyclic) bond motifs is 2. The number of ketones is 1. The molecule has 0 amide bonds. The summed E-state index contributed by atoms with van der Waals surface area (Å²) in [6.07, 6.45) is 8.96. The highest BCUT2D eigenvalue weighted by molar-refractivity contribution is 5.79. The third-order valence-electron chi connectivity index (χ3n) is 5.38. The van der Waals surface area contributed by atoms with Gasteiger partial charge in [0.2, 0.25) is 0 Å². The van der Waals surface area contributed by atoms with E-state index in [0.717, 1.165) is 36.5 Å². The Bertz CT molecular complexity index is 271. The van der Waals surface area contributed by atoms with Gasteiger partial charge in [-0.15, -0.1) is 0 Å². The average molecular weight is 206 g/mol. The van der Waals surface area contributed by atoms with Gasteiger partial charge >= 0.3 is 0 Å². The maximum absolute atomic E-state index is 11.4. The van der Waals surface area contributed by atoms with Crippen LogP contribution in [0.25, 0.3) is 0 Å². The van der Waals surface area contributed by atoms with Crippen LogP contribution in [0.5, 0.6) is 0 Å². The Labute approximate surface area is 92.6 Å². The van der Waals surface area contributed by atoms with Crippen LogP contribution in [0, 0.1) is 29.6 Å². The molecule has 0 spiro atoms. The largest absolute Gasteiger partial charge is 0.300 e. The quantitative estimate of drug-likeness (QED) is 0.642. The standard InChI is InChI=1S/C14H22O/c1-9-6-12(15)4-5-13(9)14-8-10-2-3-11(14)7-10/h9-11,13-14H,2-8H2,1H3. The molecule has 2 bridgehead atoms. The summed E-state index contributed by atoms with van der Waals surface area (Å²) in [5.41, 5.74) is 0. The maximum atomic E-state index is 11.4. The van der Waals surface area contributed by atoms with E-state index in [4.69, 9.17) is 0 Å². The third-order valence-corrected chi connectivity index (χ3v) is 5.38. The Morgan fingerprint density at radius 3 is 2.53 bits per heavy atom. The summed E-state index contributed by atoms with van der Waals surface area (Å²) < 4.78 is 0. The minimum Gasteiger partial charge on any atom is -0.300 e. The second-order valence-electron chi connectivity index (χ2n) is 6.26. The van der Waals surface area contributed by atoms with Crippen molar-refractivity contribution in [2.45, 2.75) is 51.9 Å². The van der Waals surface area contributed by atoms with Crippen LogP contribution in [0.2, 0.25) is 0 Å². The first-order chi connectivity index (χ1) is 7.24. The van der Waals surface area contributed by atoms with E-state index < -0.39 is 0 Å². The van der Waals surface area contributed by atoms with Gasteiger partial charge in [-0.1, -0.05) is 13.3 Å². The minimum atomic E-state index is 0.516. The van der Waals surface area contributed by atoms with E-state index in [0.29, 0.717) is 11.7 Å². The fraction of sp³-hybridized carbons (Fsp3) is 0.929. The smallest absolute Gasteiger partial charge is 0.133 e. The molecule has 0 aromatic carbocycles. The summed E-state index contributed by atoms with van der Waals surface area (Å²) in [5.74, 6) is 5.17. The Balaban J connectivity index is 1.69. The number of rotatable bonds is 1. The summed E-state index contributed by atoms with van der Waals surface area (Å²) in [4.78, 5) is 11.4. The summed E-state index contributed by atoms with van der Waals surface area (Å²) in [7, 11) is 0. The second-order valence-corrected chi connectivity index (χ2v) is 6.26. The van der Waals surface area contributed by atoms with Crippen molar-refractivity contribution in [1.29, 1.82) is 0 Å². The molecule has 0 radical (unpaired) electrons. The van der Waals surface area contributed by atoms with Crippen molar-refractivity contribution in [3.63, 3.8) is 0 Å². The van der Waals surface area contributed by atoms with E-state index in [1.165, 1.54) is 32.1 Å². The number of hydrogen-bond acceptors (Lipinski definition) is 1. The zero-order valence-corrected chi connectivity index (χ0v) is 9.74. The van der Waals surface area contributed by atoms with Crippen molar-refractivity contribution in [2.24, 2.45) is 29.6 Å². The molecule has 1 nitrogen and oxygen atoms in total. The first-order valence-corrected chi connectivity index (χ1v) is 6.75. The fourth-order valence-electron chi connectivity index (χ4n) is 4.68. The van der Waals surface area contributed by atoms with E-state index in [9.17, 15) is 4.79 Å². The van der Waals surface area contributed by atoms with E-state index in [-0.39, 0.29) is 0 Å². The number of hydrogen-bond donors (Lipinski definition) is 0. The van der Waals surface area contributed by atoms with Crippen molar-refractivity contribution < 1.29 is 4.79 Å². The Hall–Kier alpha value is -0.330. The zero-order valence-electron chi connectivity index (χ0n) is 9.74. The van der Waals surface area contributed by atoms with Gasteiger partial charge in [0.1, 0.15) is 5.78 Å². The molecular weight excluding hydrogens is 184 g/mol. The number of Topliss-reactive ketones (excluding diaryl/α,β-unsaturated/α-hetero) is 1. The lowest BCUT2D eigenvalue weighted by Gasteiger charge is -2.37. The predicted molar refractivity (Wildman–Crippen MR) is 60.5 cm³/mol. The fourth-order valence-corrected chi connectivity index (χ4v) is 4.68. The highest BCUT2D eigenvalue weighted by Crippen LogP contribution is 2.54. The molecule has 0 saturated heterocycles. The molecule has 0 aliphatic heterocycles. The predicted octanol–water partition coefficient (Wildman–Crippen LogP) is 3.43. The van der Waals surface area contributed by atoms with E-state index in [1.54, 1.807) is 0 Å². The second kappa shape index (κ2) is 3.61. The van der Waals surface area contributed by atoms with Gasteiger partial charge in [0.15, 0.2) is 0 Å². The van der Waals surface area contributed by atoms with Gasteiger partial charge in [0.25, 0.3) is 0 Å². The molecule has 3 fully saturated rings. The molecule has 3 saturated carbocycles. The van der Waals surface area contributed by atoms with Crippen LogP contribution in [0.1, 0.15) is 51.9 Å². The summed E-state index contributed by atoms with van der Waals surface area (Å²) in [6.45, 7) is 2.31. The van der Waals surface area contributed by atoms with Crippen molar-refractivity contribution in [3.8, 4) is 0 Å². The maximum Gasteiger partial charge on any atom is 0.133 e. The minimum absolute atomic E-state index is 0.516. The van der Waals surface area contributed by atoms with Crippen LogP contribution in [0.3, 0.4) is 0 Å². The molecule has 0 aromatic rings. The molecular formula is C14H22O. The van der Waals surface area contributed by atoms with Crippen molar-refractivity contribution in [3.05, 3.63) is 0 Å². The summed E-state index contributed by atoms with van der Waals surface area (Å²) >= 11 is 0. The van der Waals surface area contributed by atoms with Gasteiger partial charge in [-0.3, -0.25) is 4.79 Å². The monoisotopic (exact) mass is 206 g/mol. The highest BCUT2D eigenvalue weighted by Gasteiger charge is 2.45. The Morgan fingerprint density at radius 2 is 1.93 bits per heavy atom. The molecule has 0 heterocycles. The molecule has 84 valence electrons. The highest BCUT2D eigenvalue weighted by atomic mass is 16.1. The molecule has 5 unspecified atom stereocenters. The van der Waals surface area contributed by atoms with Crippen LogP contribution < -0.4 is 0 Å². The molecule has 3 rings (SSSR count). The molecule has 0 aromatic heterocycles. The van der Waals surface area contributed by atoms with Gasteiger partial charge in [-0.25, -0.2) is 0 Å². The molecule has 0 N–H and O–H groups in total. The Morgan fingerprint density at radius 1 is 1.07 bits per heavy atom. The molecule has 1 heteroatoms. The molecule has 5 atom stereocenters. The van der Waals surface area contributed by atoms with Crippen LogP contribution in [-0.4, -0.2) is 5.78 Å². The first-order valence-electron chi connectivity index (χ1n) is 6.75. The van der Waals surface area contributed by atoms with Crippen LogP contribution in [0.4, 0.5) is 0 Å². The van der Waals surface area contributed by atoms with Crippen LogP contribution in [0.15, 0.2) is 0 Å². The van der Waals surface area contributed by atoms with E-state index in [1.807, 2.05) is 0 Å². The molecule has 3 aliphatic carbocycles. The van der Waals surface area contributed by atoms with Gasteiger partial charge in [-0.05, 0) is 55.3 Å². The lowest BCUT2D eigenvalue weighted by molar-refractivity contribution is -0.123. The normalized spacial score (nSPS) is 49.9.